The Hall–Kier alpha value is -2.08. The summed E-state index contributed by atoms with van der Waals surface area (Å²) >= 11 is 6.03. The molecule has 0 aromatic heterocycles. The molecule has 5 nitrogen and oxygen atoms in total. The first-order valence-electron chi connectivity index (χ1n) is 9.26. The summed E-state index contributed by atoms with van der Waals surface area (Å²) in [5.74, 6) is 0.506. The topological polar surface area (TPSA) is 52.0 Å². The Labute approximate surface area is 165 Å². The lowest BCUT2D eigenvalue weighted by molar-refractivity contribution is -0.909. The summed E-state index contributed by atoms with van der Waals surface area (Å²) in [7, 11) is 0. The molecule has 1 saturated heterocycles. The molecular formula is C21H26ClN2O3+. The second kappa shape index (κ2) is 9.74. The first-order valence-corrected chi connectivity index (χ1v) is 9.64. The van der Waals surface area contributed by atoms with Crippen LogP contribution < -0.4 is 15.0 Å². The van der Waals surface area contributed by atoms with Crippen molar-refractivity contribution in [1.29, 1.82) is 0 Å². The van der Waals surface area contributed by atoms with Crippen LogP contribution >= 0.6 is 11.6 Å². The number of amides is 1. The van der Waals surface area contributed by atoms with E-state index in [1.54, 1.807) is 12.1 Å². The molecule has 0 bridgehead atoms. The highest BCUT2D eigenvalue weighted by molar-refractivity contribution is 6.31. The van der Waals surface area contributed by atoms with Gasteiger partial charge in [0, 0.05) is 5.02 Å². The average molecular weight is 390 g/mol. The summed E-state index contributed by atoms with van der Waals surface area (Å²) < 4.78 is 11.1. The van der Waals surface area contributed by atoms with E-state index in [0.29, 0.717) is 10.8 Å². The highest BCUT2D eigenvalue weighted by Crippen LogP contribution is 2.21. The Kier molecular flexibility index (Phi) is 7.10. The van der Waals surface area contributed by atoms with E-state index in [1.807, 2.05) is 43.3 Å². The van der Waals surface area contributed by atoms with Gasteiger partial charge in [-0.2, -0.15) is 0 Å². The van der Waals surface area contributed by atoms with E-state index in [0.717, 1.165) is 44.0 Å². The van der Waals surface area contributed by atoms with Crippen LogP contribution in [0, 0.1) is 6.92 Å². The quantitative estimate of drug-likeness (QED) is 0.759. The molecule has 1 heterocycles. The number of hydrogen-bond acceptors (Lipinski definition) is 3. The number of nitrogens with one attached hydrogen (secondary N) is 2. The number of morpholine rings is 1. The standard InChI is InChI=1S/C21H25ClN2O3/c1-16-13-18(7-8-19(16)22)27-15-21(25)23-20(17-5-3-2-4-6-17)14-24-9-11-26-12-10-24/h2-8,13,20H,9-12,14-15H2,1H3,(H,23,25)/p+1/t20-/m0/s1. The third-order valence-corrected chi connectivity index (χ3v) is 5.15. The van der Waals surface area contributed by atoms with Crippen molar-refractivity contribution in [3.8, 4) is 5.75 Å². The van der Waals surface area contributed by atoms with Crippen molar-refractivity contribution in [3.05, 3.63) is 64.7 Å². The number of halogens is 1. The summed E-state index contributed by atoms with van der Waals surface area (Å²) in [5, 5.41) is 3.81. The largest absolute Gasteiger partial charge is 0.484 e. The van der Waals surface area contributed by atoms with Crippen LogP contribution in [0.25, 0.3) is 0 Å². The Morgan fingerprint density at radius 3 is 2.67 bits per heavy atom. The first-order chi connectivity index (χ1) is 13.1. The molecule has 2 aromatic rings. The van der Waals surface area contributed by atoms with E-state index in [-0.39, 0.29) is 18.6 Å². The molecule has 1 aliphatic heterocycles. The fourth-order valence-corrected chi connectivity index (χ4v) is 3.30. The number of carbonyl (C=O) groups excluding carboxylic acids is 1. The second-order valence-corrected chi connectivity index (χ2v) is 7.20. The van der Waals surface area contributed by atoms with Gasteiger partial charge in [-0.3, -0.25) is 4.79 Å². The molecule has 0 radical (unpaired) electrons. The summed E-state index contributed by atoms with van der Waals surface area (Å²) in [6.07, 6.45) is 0. The molecule has 6 heteroatoms. The molecule has 1 aliphatic rings. The minimum absolute atomic E-state index is 0.0250. The van der Waals surface area contributed by atoms with Crippen LogP contribution in [0.15, 0.2) is 48.5 Å². The van der Waals surface area contributed by atoms with E-state index in [2.05, 4.69) is 5.32 Å². The van der Waals surface area contributed by atoms with Crippen molar-refractivity contribution in [3.63, 3.8) is 0 Å². The van der Waals surface area contributed by atoms with Gasteiger partial charge in [-0.05, 0) is 36.2 Å². The number of ether oxygens (including phenoxy) is 2. The highest BCUT2D eigenvalue weighted by Gasteiger charge is 2.23. The molecule has 1 amide bonds. The number of benzene rings is 2. The number of rotatable bonds is 7. The number of aryl methyl sites for hydroxylation is 1. The smallest absolute Gasteiger partial charge is 0.258 e. The fraction of sp³-hybridized carbons (Fsp3) is 0.381. The first kappa shape index (κ1) is 19.7. The fourth-order valence-electron chi connectivity index (χ4n) is 3.18. The molecule has 144 valence electrons. The van der Waals surface area contributed by atoms with Gasteiger partial charge in [-0.15, -0.1) is 0 Å². The number of quaternary nitrogens is 1. The number of carbonyl (C=O) groups is 1. The van der Waals surface area contributed by atoms with Gasteiger partial charge < -0.3 is 19.7 Å². The molecule has 0 spiro atoms. The van der Waals surface area contributed by atoms with Crippen LogP contribution in [0.1, 0.15) is 17.2 Å². The lowest BCUT2D eigenvalue weighted by atomic mass is 10.1. The molecule has 3 rings (SSSR count). The van der Waals surface area contributed by atoms with Crippen molar-refractivity contribution in [2.24, 2.45) is 0 Å². The van der Waals surface area contributed by atoms with Gasteiger partial charge in [0.15, 0.2) is 6.61 Å². The Bertz CT molecular complexity index is 748. The lowest BCUT2D eigenvalue weighted by Gasteiger charge is -2.28. The molecule has 0 aliphatic carbocycles. The van der Waals surface area contributed by atoms with E-state index in [9.17, 15) is 4.79 Å². The predicted molar refractivity (Wildman–Crippen MR) is 105 cm³/mol. The van der Waals surface area contributed by atoms with E-state index < -0.39 is 0 Å². The maximum absolute atomic E-state index is 12.5. The molecule has 2 N–H and O–H groups in total. The van der Waals surface area contributed by atoms with Crippen LogP contribution in [0.3, 0.4) is 0 Å². The predicted octanol–water partition coefficient (Wildman–Crippen LogP) is 1.80. The van der Waals surface area contributed by atoms with E-state index in [1.165, 1.54) is 4.90 Å². The minimum Gasteiger partial charge on any atom is -0.484 e. The molecule has 2 aromatic carbocycles. The van der Waals surface area contributed by atoms with Crippen LogP contribution in [0.2, 0.25) is 5.02 Å². The van der Waals surface area contributed by atoms with E-state index >= 15 is 0 Å². The maximum atomic E-state index is 12.5. The maximum Gasteiger partial charge on any atom is 0.258 e. The summed E-state index contributed by atoms with van der Waals surface area (Å²) in [4.78, 5) is 13.9. The number of hydrogen-bond donors (Lipinski definition) is 2. The zero-order chi connectivity index (χ0) is 19.1. The molecule has 0 unspecified atom stereocenters. The van der Waals surface area contributed by atoms with E-state index in [4.69, 9.17) is 21.1 Å². The molecular weight excluding hydrogens is 364 g/mol. The van der Waals surface area contributed by atoms with Crippen molar-refractivity contribution >= 4 is 17.5 Å². The van der Waals surface area contributed by atoms with Crippen molar-refractivity contribution < 1.29 is 19.2 Å². The van der Waals surface area contributed by atoms with Gasteiger partial charge in [0.1, 0.15) is 31.4 Å². The van der Waals surface area contributed by atoms with Gasteiger partial charge >= 0.3 is 0 Å². The summed E-state index contributed by atoms with van der Waals surface area (Å²) in [6.45, 7) is 6.17. The highest BCUT2D eigenvalue weighted by atomic mass is 35.5. The molecule has 0 saturated carbocycles. The van der Waals surface area contributed by atoms with Crippen LogP contribution in [0.4, 0.5) is 0 Å². The van der Waals surface area contributed by atoms with Crippen LogP contribution in [0.5, 0.6) is 5.75 Å². The summed E-state index contributed by atoms with van der Waals surface area (Å²) in [5.41, 5.74) is 2.03. The summed E-state index contributed by atoms with van der Waals surface area (Å²) in [6, 6.07) is 15.4. The Balaban J connectivity index is 1.60. The monoisotopic (exact) mass is 389 g/mol. The van der Waals surface area contributed by atoms with Gasteiger partial charge in [0.2, 0.25) is 0 Å². The normalized spacial score (nSPS) is 15.9. The van der Waals surface area contributed by atoms with Gasteiger partial charge in [0.25, 0.3) is 5.91 Å². The van der Waals surface area contributed by atoms with Crippen LogP contribution in [-0.2, 0) is 9.53 Å². The Morgan fingerprint density at radius 1 is 1.22 bits per heavy atom. The molecule has 27 heavy (non-hydrogen) atoms. The average Bonchev–Trinajstić information content (AvgIpc) is 2.70. The van der Waals surface area contributed by atoms with Crippen molar-refractivity contribution in [2.45, 2.75) is 13.0 Å². The zero-order valence-corrected chi connectivity index (χ0v) is 16.3. The lowest BCUT2D eigenvalue weighted by Crippen LogP contribution is -3.14. The molecule has 1 atom stereocenters. The van der Waals surface area contributed by atoms with Gasteiger partial charge in [0.05, 0.1) is 13.2 Å². The Morgan fingerprint density at radius 2 is 1.96 bits per heavy atom. The zero-order valence-electron chi connectivity index (χ0n) is 15.5. The van der Waals surface area contributed by atoms with Crippen molar-refractivity contribution in [1.82, 2.24) is 5.32 Å². The third kappa shape index (κ3) is 5.96. The van der Waals surface area contributed by atoms with Crippen molar-refractivity contribution in [2.75, 3.05) is 39.5 Å². The van der Waals surface area contributed by atoms with Gasteiger partial charge in [-0.1, -0.05) is 41.9 Å². The van der Waals surface area contributed by atoms with Gasteiger partial charge in [-0.25, -0.2) is 0 Å². The third-order valence-electron chi connectivity index (χ3n) is 4.73. The SMILES string of the molecule is Cc1cc(OCC(=O)N[C@@H](C[NH+]2CCOCC2)c2ccccc2)ccc1Cl. The van der Waals surface area contributed by atoms with Crippen LogP contribution in [-0.4, -0.2) is 45.4 Å². The minimum atomic E-state index is -0.135. The molecule has 1 fully saturated rings. The second-order valence-electron chi connectivity index (χ2n) is 6.80.